The van der Waals surface area contributed by atoms with Gasteiger partial charge in [-0.1, -0.05) is 0 Å². The van der Waals surface area contributed by atoms with Gasteiger partial charge >= 0.3 is 6.09 Å². The Balaban J connectivity index is 2.19. The van der Waals surface area contributed by atoms with E-state index in [2.05, 4.69) is 11.7 Å². The normalized spacial score (nSPS) is 19.4. The van der Waals surface area contributed by atoms with E-state index in [1.807, 2.05) is 0 Å². The second-order valence-corrected chi connectivity index (χ2v) is 2.72. The number of amides is 1. The molecule has 3 heteroatoms. The van der Waals surface area contributed by atoms with E-state index in [9.17, 15) is 4.79 Å². The molecular formula is C8H14NO2. The molecule has 0 atom stereocenters. The molecule has 11 heavy (non-hydrogen) atoms. The summed E-state index contributed by atoms with van der Waals surface area (Å²) in [5.74, 6) is 0. The lowest BCUT2D eigenvalue weighted by atomic mass is 9.98. The second kappa shape index (κ2) is 4.21. The molecular weight excluding hydrogens is 142 g/mol. The molecule has 1 radical (unpaired) electrons. The molecule has 1 saturated carbocycles. The van der Waals surface area contributed by atoms with Gasteiger partial charge in [0.25, 0.3) is 0 Å². The van der Waals surface area contributed by atoms with Gasteiger partial charge in [0.15, 0.2) is 0 Å². The van der Waals surface area contributed by atoms with Gasteiger partial charge in [-0.25, -0.2) is 4.79 Å². The summed E-state index contributed by atoms with van der Waals surface area (Å²) in [5, 5.41) is 2.44. The van der Waals surface area contributed by atoms with Gasteiger partial charge in [-0.05, 0) is 32.1 Å². The second-order valence-electron chi connectivity index (χ2n) is 2.72. The zero-order valence-corrected chi connectivity index (χ0v) is 6.80. The Labute approximate surface area is 67.1 Å². The van der Waals surface area contributed by atoms with E-state index in [1.165, 1.54) is 0 Å². The molecule has 0 heterocycles. The zero-order chi connectivity index (χ0) is 8.10. The van der Waals surface area contributed by atoms with Gasteiger partial charge in [0.1, 0.15) is 6.10 Å². The molecule has 3 nitrogen and oxygen atoms in total. The highest BCUT2D eigenvalue weighted by atomic mass is 16.6. The maximum atomic E-state index is 10.7. The molecule has 0 aromatic rings. The summed E-state index contributed by atoms with van der Waals surface area (Å²) in [4.78, 5) is 10.7. The van der Waals surface area contributed by atoms with Crippen LogP contribution >= 0.6 is 0 Å². The van der Waals surface area contributed by atoms with Crippen LogP contribution < -0.4 is 5.32 Å². The van der Waals surface area contributed by atoms with Gasteiger partial charge in [0.05, 0.1) is 0 Å². The fourth-order valence-electron chi connectivity index (χ4n) is 1.22. The van der Waals surface area contributed by atoms with Crippen molar-refractivity contribution in [2.75, 3.05) is 7.05 Å². The molecule has 63 valence electrons. The van der Waals surface area contributed by atoms with Crippen LogP contribution in [0.3, 0.4) is 0 Å². The first-order chi connectivity index (χ1) is 5.33. The van der Waals surface area contributed by atoms with Crippen LogP contribution in [0.2, 0.25) is 0 Å². The van der Waals surface area contributed by atoms with Gasteiger partial charge in [-0.15, -0.1) is 0 Å². The van der Waals surface area contributed by atoms with Crippen LogP contribution in [0.4, 0.5) is 4.79 Å². The fraction of sp³-hybridized carbons (Fsp3) is 0.750. The molecule has 0 saturated heterocycles. The smallest absolute Gasteiger partial charge is 0.407 e. The Morgan fingerprint density at radius 2 is 2.18 bits per heavy atom. The molecule has 0 unspecified atom stereocenters. The van der Waals surface area contributed by atoms with Crippen molar-refractivity contribution in [3.63, 3.8) is 0 Å². The van der Waals surface area contributed by atoms with Crippen molar-refractivity contribution in [3.8, 4) is 0 Å². The molecule has 1 rings (SSSR count). The molecule has 0 aliphatic heterocycles. The van der Waals surface area contributed by atoms with Crippen LogP contribution in [-0.2, 0) is 4.74 Å². The summed E-state index contributed by atoms with van der Waals surface area (Å²) in [6, 6.07) is 0. The Morgan fingerprint density at radius 1 is 1.55 bits per heavy atom. The van der Waals surface area contributed by atoms with E-state index in [0.29, 0.717) is 0 Å². The predicted molar refractivity (Wildman–Crippen MR) is 42.1 cm³/mol. The van der Waals surface area contributed by atoms with Gasteiger partial charge in [-0.3, -0.25) is 0 Å². The summed E-state index contributed by atoms with van der Waals surface area (Å²) < 4.78 is 5.07. The van der Waals surface area contributed by atoms with Crippen molar-refractivity contribution in [2.45, 2.75) is 31.8 Å². The maximum absolute atomic E-state index is 10.7. The molecule has 1 fully saturated rings. The van der Waals surface area contributed by atoms with E-state index >= 15 is 0 Å². The maximum Gasteiger partial charge on any atom is 0.407 e. The number of alkyl carbamates (subject to hydrolysis) is 1. The molecule has 0 bridgehead atoms. The van der Waals surface area contributed by atoms with Crippen LogP contribution in [0.1, 0.15) is 25.7 Å². The van der Waals surface area contributed by atoms with E-state index in [1.54, 1.807) is 7.05 Å². The molecule has 0 spiro atoms. The van der Waals surface area contributed by atoms with Gasteiger partial charge in [0, 0.05) is 7.05 Å². The highest BCUT2D eigenvalue weighted by molar-refractivity contribution is 5.66. The lowest BCUT2D eigenvalue weighted by Crippen LogP contribution is -2.27. The number of hydrogen-bond acceptors (Lipinski definition) is 2. The lowest BCUT2D eigenvalue weighted by Gasteiger charge is -2.21. The minimum atomic E-state index is -0.308. The molecule has 0 aromatic carbocycles. The number of ether oxygens (including phenoxy) is 1. The minimum absolute atomic E-state index is 0.139. The van der Waals surface area contributed by atoms with Crippen LogP contribution in [0.25, 0.3) is 0 Å². The SMILES string of the molecule is CNC(=O)OC1CC[CH]CC1. The number of rotatable bonds is 1. The first-order valence-electron chi connectivity index (χ1n) is 4.03. The van der Waals surface area contributed by atoms with Crippen molar-refractivity contribution in [1.29, 1.82) is 0 Å². The molecule has 1 aliphatic carbocycles. The van der Waals surface area contributed by atoms with Crippen molar-refractivity contribution in [2.24, 2.45) is 0 Å². The predicted octanol–water partition coefficient (Wildman–Crippen LogP) is 1.49. The van der Waals surface area contributed by atoms with Gasteiger partial charge < -0.3 is 10.1 Å². The Hall–Kier alpha value is -0.730. The Kier molecular flexibility index (Phi) is 3.20. The number of carbonyl (C=O) groups is 1. The van der Waals surface area contributed by atoms with Crippen molar-refractivity contribution in [3.05, 3.63) is 6.42 Å². The topological polar surface area (TPSA) is 38.3 Å². The van der Waals surface area contributed by atoms with Crippen LogP contribution in [0, 0.1) is 6.42 Å². The summed E-state index contributed by atoms with van der Waals surface area (Å²) >= 11 is 0. The average Bonchev–Trinajstić information content (AvgIpc) is 2.06. The van der Waals surface area contributed by atoms with Gasteiger partial charge in [0.2, 0.25) is 0 Å². The van der Waals surface area contributed by atoms with Crippen LogP contribution in [0.15, 0.2) is 0 Å². The van der Waals surface area contributed by atoms with Crippen molar-refractivity contribution < 1.29 is 9.53 Å². The van der Waals surface area contributed by atoms with Gasteiger partial charge in [-0.2, -0.15) is 0 Å². The van der Waals surface area contributed by atoms with E-state index in [4.69, 9.17) is 4.74 Å². The molecule has 1 aliphatic rings. The summed E-state index contributed by atoms with van der Waals surface area (Å²) in [6.07, 6.45) is 6.17. The quantitative estimate of drug-likeness (QED) is 0.624. The standard InChI is InChI=1S/C8H14NO2/c1-9-8(10)11-7-5-3-2-4-6-7/h2,7H,3-6H2,1H3,(H,9,10). The van der Waals surface area contributed by atoms with Crippen LogP contribution in [0.5, 0.6) is 0 Å². The Bertz CT molecular complexity index is 130. The average molecular weight is 156 g/mol. The van der Waals surface area contributed by atoms with Crippen molar-refractivity contribution in [1.82, 2.24) is 5.32 Å². The first-order valence-corrected chi connectivity index (χ1v) is 4.03. The van der Waals surface area contributed by atoms with Crippen molar-refractivity contribution >= 4 is 6.09 Å². The van der Waals surface area contributed by atoms with E-state index in [0.717, 1.165) is 25.7 Å². The molecule has 0 aromatic heterocycles. The highest BCUT2D eigenvalue weighted by Crippen LogP contribution is 2.19. The monoisotopic (exact) mass is 156 g/mol. The highest BCUT2D eigenvalue weighted by Gasteiger charge is 2.16. The number of carbonyl (C=O) groups excluding carboxylic acids is 1. The van der Waals surface area contributed by atoms with Crippen LogP contribution in [-0.4, -0.2) is 19.2 Å². The zero-order valence-electron chi connectivity index (χ0n) is 6.80. The van der Waals surface area contributed by atoms with E-state index in [-0.39, 0.29) is 12.2 Å². The molecule has 1 amide bonds. The third-order valence-electron chi connectivity index (χ3n) is 1.86. The third-order valence-corrected chi connectivity index (χ3v) is 1.86. The fourth-order valence-corrected chi connectivity index (χ4v) is 1.22. The number of nitrogens with one attached hydrogen (secondary N) is 1. The first kappa shape index (κ1) is 8.37. The lowest BCUT2D eigenvalue weighted by molar-refractivity contribution is 0.0831. The minimum Gasteiger partial charge on any atom is -0.446 e. The third kappa shape index (κ3) is 2.78. The summed E-state index contributed by atoms with van der Waals surface area (Å²) in [7, 11) is 1.58. The summed E-state index contributed by atoms with van der Waals surface area (Å²) in [6.45, 7) is 0. The number of hydrogen-bond donors (Lipinski definition) is 1. The molecule has 1 N–H and O–H groups in total. The largest absolute Gasteiger partial charge is 0.446 e. The summed E-state index contributed by atoms with van der Waals surface area (Å²) in [5.41, 5.74) is 0. The van der Waals surface area contributed by atoms with E-state index < -0.39 is 0 Å². The Morgan fingerprint density at radius 3 is 2.73 bits per heavy atom.